The molecule has 9 rings (SSSR count). The molecule has 1 heterocycles. The molecule has 0 radical (unpaired) electrons. The predicted molar refractivity (Wildman–Crippen MR) is 190 cm³/mol. The molecule has 0 aliphatic carbocycles. The first-order chi connectivity index (χ1) is 28.6. The first-order valence-corrected chi connectivity index (χ1v) is 14.2. The maximum atomic E-state index is 9.60. The lowest BCUT2D eigenvalue weighted by molar-refractivity contribution is 0.669. The average Bonchev–Trinajstić information content (AvgIpc) is 3.68. The number of para-hydroxylation sites is 1. The minimum absolute atomic E-state index is 0.0544. The van der Waals surface area contributed by atoms with Crippen LogP contribution in [0.15, 0.2) is 174 Å². The first kappa shape index (κ1) is 14.7. The summed E-state index contributed by atoms with van der Waals surface area (Å²) in [6, 6.07) is 15.2. The summed E-state index contributed by atoms with van der Waals surface area (Å²) in [5.74, 6) is 0. The van der Waals surface area contributed by atoms with E-state index < -0.39 is 102 Å². The van der Waals surface area contributed by atoms with Crippen LogP contribution in [0.25, 0.3) is 88.0 Å². The van der Waals surface area contributed by atoms with Gasteiger partial charge in [0.05, 0.1) is 20.6 Å². The highest BCUT2D eigenvalue weighted by Gasteiger charge is 2.18. The fourth-order valence-corrected chi connectivity index (χ4v) is 6.01. The lowest BCUT2D eigenvalue weighted by Gasteiger charge is -2.18. The van der Waals surface area contributed by atoms with Gasteiger partial charge in [-0.3, -0.25) is 0 Å². The number of fused-ring (bicyclic) bond motifs is 5. The third-order valence-corrected chi connectivity index (χ3v) is 8.01. The van der Waals surface area contributed by atoms with E-state index in [4.69, 9.17) is 16.8 Å². The number of hydrogen-bond donors (Lipinski definition) is 0. The first-order valence-electron chi connectivity index (χ1n) is 21.7. The van der Waals surface area contributed by atoms with Gasteiger partial charge in [0, 0.05) is 10.8 Å². The summed E-state index contributed by atoms with van der Waals surface area (Å²) in [5.41, 5.74) is 2.49. The third-order valence-electron chi connectivity index (χ3n) is 8.01. The van der Waals surface area contributed by atoms with E-state index in [-0.39, 0.29) is 49.0 Å². The summed E-state index contributed by atoms with van der Waals surface area (Å²) < 4.78 is 140. The van der Waals surface area contributed by atoms with Gasteiger partial charge >= 0.3 is 0 Å². The van der Waals surface area contributed by atoms with E-state index in [0.717, 1.165) is 22.3 Å². The Morgan fingerprint density at radius 2 is 0.822 bits per heavy atom. The molecular formula is C44H28O. The van der Waals surface area contributed by atoms with Crippen LogP contribution in [0.5, 0.6) is 0 Å². The number of furan rings is 1. The summed E-state index contributed by atoms with van der Waals surface area (Å²) >= 11 is 0. The molecule has 9 aromatic rings. The average molecular weight is 588 g/mol. The Hall–Kier alpha value is -5.92. The summed E-state index contributed by atoms with van der Waals surface area (Å²) in [6.07, 6.45) is 0. The Bertz CT molecular complexity index is 3280. The highest BCUT2D eigenvalue weighted by atomic mass is 16.3. The van der Waals surface area contributed by atoms with Gasteiger partial charge in [-0.15, -0.1) is 0 Å². The van der Waals surface area contributed by atoms with Crippen molar-refractivity contribution in [3.63, 3.8) is 0 Å². The van der Waals surface area contributed by atoms with Crippen LogP contribution in [-0.2, 0) is 0 Å². The lowest BCUT2D eigenvalue weighted by atomic mass is 9.85. The molecule has 1 nitrogen and oxygen atoms in total. The zero-order valence-electron chi connectivity index (χ0n) is 38.4. The highest BCUT2D eigenvalue weighted by molar-refractivity contribution is 6.22. The van der Waals surface area contributed by atoms with Crippen LogP contribution in [0.4, 0.5) is 0 Å². The van der Waals surface area contributed by atoms with Crippen LogP contribution in [0, 0.1) is 0 Å². The van der Waals surface area contributed by atoms with Gasteiger partial charge in [-0.05, 0) is 84.2 Å². The van der Waals surface area contributed by atoms with E-state index in [2.05, 4.69) is 0 Å². The summed E-state index contributed by atoms with van der Waals surface area (Å²) in [6.45, 7) is 0. The largest absolute Gasteiger partial charge is 0.456 e. The second kappa shape index (κ2) is 10.4. The molecule has 0 saturated carbocycles. The number of hydrogen-bond acceptors (Lipinski definition) is 1. The van der Waals surface area contributed by atoms with Crippen molar-refractivity contribution in [2.75, 3.05) is 0 Å². The van der Waals surface area contributed by atoms with Crippen LogP contribution in [0.3, 0.4) is 0 Å². The quantitative estimate of drug-likeness (QED) is 0.187. The molecule has 0 spiro atoms. The summed E-state index contributed by atoms with van der Waals surface area (Å²) in [7, 11) is 0. The maximum Gasteiger partial charge on any atom is 0.135 e. The molecule has 0 bridgehead atoms. The van der Waals surface area contributed by atoms with Gasteiger partial charge < -0.3 is 4.42 Å². The Labute approximate surface area is 282 Å². The SMILES string of the molecule is [2H]c1c([2H])c([2H])c2c(oc3c([2H])c([2H])c(-c4c5c([2H])c([2H])c([2H])c([2H])c5c(-c5ccc(-c6ccccc6-c6ccccc6)cc5)c5c([2H])c([2H])c([2H])c([2H])c45)c([2H])c32)c1[2H]. The summed E-state index contributed by atoms with van der Waals surface area (Å²) in [5, 5.41) is -1.39. The fraction of sp³-hybridized carbons (Fsp3) is 0. The monoisotopic (exact) mass is 587 g/mol. The van der Waals surface area contributed by atoms with Crippen LogP contribution in [0.2, 0.25) is 0 Å². The molecule has 0 unspecified atom stereocenters. The Morgan fingerprint density at radius 1 is 0.356 bits per heavy atom. The van der Waals surface area contributed by atoms with E-state index in [1.54, 1.807) is 12.1 Å². The number of benzene rings is 8. The van der Waals surface area contributed by atoms with Crippen LogP contribution < -0.4 is 0 Å². The van der Waals surface area contributed by atoms with Crippen molar-refractivity contribution in [3.05, 3.63) is 169 Å². The molecule has 0 amide bonds. The molecule has 0 aliphatic heterocycles. The lowest BCUT2D eigenvalue weighted by Crippen LogP contribution is -1.91. The minimum Gasteiger partial charge on any atom is -0.456 e. The standard InChI is InChI=1S/C44H28O/c1-2-12-29(13-3-1)33-14-4-5-15-34(33)30-22-24-31(25-23-30)43-36-17-6-8-19-38(36)44(39-20-9-7-18-37(39)43)32-26-27-42-40(28-32)35-16-10-11-21-41(35)45-42/h1-28H/i6D,7D,8D,9D,10D,11D,16D,17D,18D,19D,20D,21D,26D,27D,28D. The molecule has 0 N–H and O–H groups in total. The molecule has 0 aliphatic rings. The molecular weight excluding hydrogens is 544 g/mol. The van der Waals surface area contributed by atoms with Gasteiger partial charge in [-0.1, -0.05) is 151 Å². The minimum atomic E-state index is -0.696. The molecule has 210 valence electrons. The van der Waals surface area contributed by atoms with E-state index in [9.17, 15) is 8.22 Å². The van der Waals surface area contributed by atoms with E-state index in [1.807, 2.05) is 66.7 Å². The van der Waals surface area contributed by atoms with Crippen LogP contribution in [0.1, 0.15) is 20.6 Å². The molecule has 0 atom stereocenters. The Balaban J connectivity index is 1.46. The normalized spacial score (nSPS) is 16.2. The van der Waals surface area contributed by atoms with Gasteiger partial charge in [-0.25, -0.2) is 0 Å². The second-order valence-electron chi connectivity index (χ2n) is 10.5. The van der Waals surface area contributed by atoms with Crippen LogP contribution >= 0.6 is 0 Å². The van der Waals surface area contributed by atoms with Crippen molar-refractivity contribution >= 4 is 43.5 Å². The van der Waals surface area contributed by atoms with E-state index in [1.165, 1.54) is 0 Å². The molecule has 1 heteroatoms. The van der Waals surface area contributed by atoms with E-state index >= 15 is 0 Å². The third kappa shape index (κ3) is 4.17. The van der Waals surface area contributed by atoms with Crippen molar-refractivity contribution in [2.45, 2.75) is 0 Å². The molecule has 0 saturated heterocycles. The maximum absolute atomic E-state index is 9.60. The molecule has 1 aromatic heterocycles. The Morgan fingerprint density at radius 3 is 1.44 bits per heavy atom. The molecule has 8 aromatic carbocycles. The fourth-order valence-electron chi connectivity index (χ4n) is 6.01. The Kier molecular flexibility index (Phi) is 3.39. The van der Waals surface area contributed by atoms with Crippen LogP contribution in [-0.4, -0.2) is 0 Å². The molecule has 0 fully saturated rings. The topological polar surface area (TPSA) is 13.1 Å². The van der Waals surface area contributed by atoms with Gasteiger partial charge in [0.15, 0.2) is 0 Å². The zero-order valence-corrected chi connectivity index (χ0v) is 23.4. The van der Waals surface area contributed by atoms with Gasteiger partial charge in [-0.2, -0.15) is 0 Å². The summed E-state index contributed by atoms with van der Waals surface area (Å²) in [4.78, 5) is 0. The van der Waals surface area contributed by atoms with Crippen molar-refractivity contribution < 1.29 is 25.0 Å². The number of rotatable bonds is 4. The van der Waals surface area contributed by atoms with Gasteiger partial charge in [0.2, 0.25) is 0 Å². The van der Waals surface area contributed by atoms with Crippen molar-refractivity contribution in [1.29, 1.82) is 0 Å². The predicted octanol–water partition coefficient (Wildman–Crippen LogP) is 12.6. The van der Waals surface area contributed by atoms with Crippen molar-refractivity contribution in [3.8, 4) is 44.5 Å². The smallest absolute Gasteiger partial charge is 0.135 e. The highest BCUT2D eigenvalue weighted by Crippen LogP contribution is 2.45. The van der Waals surface area contributed by atoms with E-state index in [0.29, 0.717) is 5.56 Å². The zero-order chi connectivity index (χ0) is 42.8. The van der Waals surface area contributed by atoms with Gasteiger partial charge in [0.1, 0.15) is 11.2 Å². The van der Waals surface area contributed by atoms with Gasteiger partial charge in [0.25, 0.3) is 0 Å². The second-order valence-corrected chi connectivity index (χ2v) is 10.5. The molecule has 45 heavy (non-hydrogen) atoms. The van der Waals surface area contributed by atoms with Crippen molar-refractivity contribution in [1.82, 2.24) is 0 Å². The van der Waals surface area contributed by atoms with Crippen molar-refractivity contribution in [2.24, 2.45) is 0 Å².